The van der Waals surface area contributed by atoms with Crippen LogP contribution in [0.25, 0.3) is 0 Å². The van der Waals surface area contributed by atoms with E-state index in [2.05, 4.69) is 20.9 Å². The van der Waals surface area contributed by atoms with Crippen molar-refractivity contribution in [3.8, 4) is 0 Å². The van der Waals surface area contributed by atoms with Gasteiger partial charge in [0.2, 0.25) is 0 Å². The Labute approximate surface area is 119 Å². The van der Waals surface area contributed by atoms with Gasteiger partial charge in [-0.25, -0.2) is 4.98 Å². The van der Waals surface area contributed by atoms with Gasteiger partial charge in [-0.2, -0.15) is 0 Å². The van der Waals surface area contributed by atoms with E-state index in [0.717, 1.165) is 16.8 Å². The summed E-state index contributed by atoms with van der Waals surface area (Å²) in [7, 11) is 0. The maximum absolute atomic E-state index is 12.2. The molecule has 1 aromatic carbocycles. The molecule has 94 valence electrons. The summed E-state index contributed by atoms with van der Waals surface area (Å²) < 4.78 is 2.79. The van der Waals surface area contributed by atoms with Crippen LogP contribution in [0, 0.1) is 0 Å². The van der Waals surface area contributed by atoms with E-state index in [0.29, 0.717) is 10.6 Å². The molecular formula is C13H12BrClN2O. The van der Waals surface area contributed by atoms with Gasteiger partial charge < -0.3 is 4.57 Å². The number of aryl methyl sites for hydroxylation is 1. The molecule has 2 aromatic rings. The Morgan fingerprint density at radius 2 is 2.28 bits per heavy atom. The van der Waals surface area contributed by atoms with Gasteiger partial charge in [-0.3, -0.25) is 4.79 Å². The number of halogens is 2. The molecule has 5 heteroatoms. The van der Waals surface area contributed by atoms with Crippen LogP contribution in [0.4, 0.5) is 0 Å². The van der Waals surface area contributed by atoms with Crippen LogP contribution in [0.5, 0.6) is 0 Å². The van der Waals surface area contributed by atoms with Crippen LogP contribution in [0.3, 0.4) is 0 Å². The Kier molecular flexibility index (Phi) is 4.19. The molecule has 0 saturated carbocycles. The van der Waals surface area contributed by atoms with Gasteiger partial charge in [0, 0.05) is 29.0 Å². The summed E-state index contributed by atoms with van der Waals surface area (Å²) in [5.41, 5.74) is 0.525. The molecule has 0 radical (unpaired) electrons. The minimum absolute atomic E-state index is 0.0257. The largest absolute Gasteiger partial charge is 0.335 e. The number of carbonyl (C=O) groups is 1. The van der Waals surface area contributed by atoms with Gasteiger partial charge in [-0.1, -0.05) is 27.5 Å². The molecule has 0 atom stereocenters. The van der Waals surface area contributed by atoms with Crippen molar-refractivity contribution in [3.63, 3.8) is 0 Å². The second kappa shape index (κ2) is 5.67. The van der Waals surface area contributed by atoms with Gasteiger partial charge in [-0.15, -0.1) is 0 Å². The number of Topliss-reactive ketones (excluding diaryl/α,β-unsaturated/α-hetero) is 1. The lowest BCUT2D eigenvalue weighted by molar-refractivity contribution is 0.0990. The summed E-state index contributed by atoms with van der Waals surface area (Å²) in [4.78, 5) is 16.4. The van der Waals surface area contributed by atoms with E-state index in [1.54, 1.807) is 18.3 Å². The summed E-state index contributed by atoms with van der Waals surface area (Å²) in [6, 6.07) is 5.27. The summed E-state index contributed by atoms with van der Waals surface area (Å²) in [6.45, 7) is 2.82. The van der Waals surface area contributed by atoms with Crippen LogP contribution >= 0.6 is 27.5 Å². The average molecular weight is 328 g/mol. The second-order valence-corrected chi connectivity index (χ2v) is 5.18. The highest BCUT2D eigenvalue weighted by Gasteiger charge is 2.14. The summed E-state index contributed by atoms with van der Waals surface area (Å²) in [6.07, 6.45) is 3.83. The zero-order valence-electron chi connectivity index (χ0n) is 9.86. The first kappa shape index (κ1) is 13.3. The lowest BCUT2D eigenvalue weighted by atomic mass is 10.1. The van der Waals surface area contributed by atoms with Gasteiger partial charge in [-0.05, 0) is 25.1 Å². The quantitative estimate of drug-likeness (QED) is 0.802. The number of imidazole rings is 1. The molecule has 2 rings (SSSR count). The van der Waals surface area contributed by atoms with Crippen LogP contribution in [0.1, 0.15) is 23.1 Å². The number of carbonyl (C=O) groups excluding carboxylic acids is 1. The fourth-order valence-electron chi connectivity index (χ4n) is 1.75. The molecule has 0 aliphatic rings. The minimum atomic E-state index is -0.0257. The Hall–Kier alpha value is -1.13. The summed E-state index contributed by atoms with van der Waals surface area (Å²) >= 11 is 9.38. The molecule has 0 saturated heterocycles. The van der Waals surface area contributed by atoms with E-state index in [-0.39, 0.29) is 12.2 Å². The van der Waals surface area contributed by atoms with Crippen LogP contribution in [-0.4, -0.2) is 15.3 Å². The van der Waals surface area contributed by atoms with Gasteiger partial charge >= 0.3 is 0 Å². The van der Waals surface area contributed by atoms with E-state index < -0.39 is 0 Å². The van der Waals surface area contributed by atoms with Gasteiger partial charge in [0.15, 0.2) is 5.78 Å². The Balaban J connectivity index is 2.25. The van der Waals surface area contributed by atoms with Crippen molar-refractivity contribution in [2.75, 3.05) is 0 Å². The average Bonchev–Trinajstić information content (AvgIpc) is 2.79. The molecule has 0 aliphatic heterocycles. The van der Waals surface area contributed by atoms with Gasteiger partial charge in [0.1, 0.15) is 5.82 Å². The molecule has 0 fully saturated rings. The molecule has 0 bridgehead atoms. The van der Waals surface area contributed by atoms with Gasteiger partial charge in [0.25, 0.3) is 0 Å². The number of aromatic nitrogens is 2. The number of benzene rings is 1. The molecule has 0 unspecified atom stereocenters. The zero-order valence-corrected chi connectivity index (χ0v) is 12.2. The van der Waals surface area contributed by atoms with Crippen LogP contribution in [0.2, 0.25) is 5.02 Å². The van der Waals surface area contributed by atoms with E-state index in [9.17, 15) is 4.79 Å². The second-order valence-electron chi connectivity index (χ2n) is 3.85. The van der Waals surface area contributed by atoms with Crippen molar-refractivity contribution in [1.82, 2.24) is 9.55 Å². The molecular weight excluding hydrogens is 316 g/mol. The Bertz CT molecular complexity index is 580. The summed E-state index contributed by atoms with van der Waals surface area (Å²) in [5.74, 6) is 0.737. The molecule has 0 aliphatic carbocycles. The third kappa shape index (κ3) is 2.82. The lowest BCUT2D eigenvalue weighted by Gasteiger charge is -2.06. The maximum atomic E-state index is 12.2. The highest BCUT2D eigenvalue weighted by molar-refractivity contribution is 9.10. The van der Waals surface area contributed by atoms with Crippen molar-refractivity contribution < 1.29 is 4.79 Å². The normalized spacial score (nSPS) is 10.6. The number of rotatable bonds is 4. The van der Waals surface area contributed by atoms with E-state index in [1.165, 1.54) is 0 Å². The van der Waals surface area contributed by atoms with Crippen molar-refractivity contribution in [2.45, 2.75) is 19.9 Å². The molecule has 18 heavy (non-hydrogen) atoms. The summed E-state index contributed by atoms with van der Waals surface area (Å²) in [5, 5.41) is 0.470. The van der Waals surface area contributed by atoms with E-state index >= 15 is 0 Å². The molecule has 0 amide bonds. The van der Waals surface area contributed by atoms with Crippen LogP contribution < -0.4 is 0 Å². The van der Waals surface area contributed by atoms with Crippen molar-refractivity contribution >= 4 is 33.3 Å². The number of nitrogens with zero attached hydrogens (tertiary/aromatic N) is 2. The first-order valence-corrected chi connectivity index (χ1v) is 6.77. The maximum Gasteiger partial charge on any atom is 0.171 e. The Morgan fingerprint density at radius 3 is 3.00 bits per heavy atom. The predicted octanol–water partition coefficient (Wildman–Crippen LogP) is 3.74. The zero-order chi connectivity index (χ0) is 13.1. The molecule has 1 aromatic heterocycles. The van der Waals surface area contributed by atoms with E-state index in [4.69, 9.17) is 11.6 Å². The first-order valence-electron chi connectivity index (χ1n) is 5.60. The van der Waals surface area contributed by atoms with E-state index in [1.807, 2.05) is 23.8 Å². The fourth-order valence-corrected chi connectivity index (χ4v) is 2.33. The molecule has 0 spiro atoms. The topological polar surface area (TPSA) is 34.9 Å². The van der Waals surface area contributed by atoms with Crippen molar-refractivity contribution in [1.29, 1.82) is 0 Å². The third-order valence-corrected chi connectivity index (χ3v) is 3.51. The monoisotopic (exact) mass is 326 g/mol. The number of hydrogen-bond acceptors (Lipinski definition) is 2. The Morgan fingerprint density at radius 1 is 1.50 bits per heavy atom. The smallest absolute Gasteiger partial charge is 0.171 e. The molecule has 1 heterocycles. The number of ketones is 1. The lowest BCUT2D eigenvalue weighted by Crippen LogP contribution is -2.10. The van der Waals surface area contributed by atoms with Crippen molar-refractivity contribution in [2.24, 2.45) is 0 Å². The standard InChI is InChI=1S/C13H12BrClN2O/c1-2-17-6-5-16-13(17)8-12(18)10-7-9(14)3-4-11(10)15/h3-7H,2,8H2,1H3. The fraction of sp³-hybridized carbons (Fsp3) is 0.231. The SMILES string of the molecule is CCn1ccnc1CC(=O)c1cc(Br)ccc1Cl. The number of hydrogen-bond donors (Lipinski definition) is 0. The van der Waals surface area contributed by atoms with Crippen LogP contribution in [0.15, 0.2) is 35.1 Å². The third-order valence-electron chi connectivity index (χ3n) is 2.69. The highest BCUT2D eigenvalue weighted by Crippen LogP contribution is 2.22. The molecule has 0 N–H and O–H groups in total. The minimum Gasteiger partial charge on any atom is -0.335 e. The predicted molar refractivity (Wildman–Crippen MR) is 75.1 cm³/mol. The first-order chi connectivity index (χ1) is 8.61. The molecule has 3 nitrogen and oxygen atoms in total. The van der Waals surface area contributed by atoms with Crippen LogP contribution in [-0.2, 0) is 13.0 Å². The van der Waals surface area contributed by atoms with Crippen molar-refractivity contribution in [3.05, 3.63) is 51.5 Å². The highest BCUT2D eigenvalue weighted by atomic mass is 79.9. The van der Waals surface area contributed by atoms with Gasteiger partial charge in [0.05, 0.1) is 11.4 Å².